The van der Waals surface area contributed by atoms with Crippen molar-refractivity contribution in [3.8, 4) is 0 Å². The number of nitro benzene ring substituents is 1. The summed E-state index contributed by atoms with van der Waals surface area (Å²) in [4.78, 5) is 14.3. The lowest BCUT2D eigenvalue weighted by Gasteiger charge is -2.35. The number of hydrogen-bond donors (Lipinski definition) is 1. The summed E-state index contributed by atoms with van der Waals surface area (Å²) in [5.74, 6) is 0. The van der Waals surface area contributed by atoms with E-state index in [1.807, 2.05) is 26.0 Å². The molecule has 1 aromatic rings. The number of nitrogen functional groups attached to an aromatic ring is 1. The Hall–Kier alpha value is -1.86. The van der Waals surface area contributed by atoms with Crippen LogP contribution in [0.1, 0.15) is 6.92 Å². The van der Waals surface area contributed by atoms with Crippen molar-refractivity contribution in [2.45, 2.75) is 13.0 Å². The van der Waals surface area contributed by atoms with E-state index in [9.17, 15) is 10.1 Å². The molecule has 0 aromatic heterocycles. The van der Waals surface area contributed by atoms with E-state index in [1.54, 1.807) is 12.1 Å². The molecule has 0 radical (unpaired) electrons. The van der Waals surface area contributed by atoms with Crippen LogP contribution >= 0.6 is 0 Å². The van der Waals surface area contributed by atoms with E-state index in [-0.39, 0.29) is 17.4 Å². The Labute approximate surface area is 125 Å². The highest BCUT2D eigenvalue weighted by molar-refractivity contribution is 5.67. The van der Waals surface area contributed by atoms with E-state index in [0.717, 1.165) is 12.2 Å². The second-order valence-electron chi connectivity index (χ2n) is 5.46. The third kappa shape index (κ3) is 5.20. The van der Waals surface area contributed by atoms with Crippen LogP contribution < -0.4 is 10.6 Å². The van der Waals surface area contributed by atoms with E-state index in [4.69, 9.17) is 10.5 Å². The van der Waals surface area contributed by atoms with Gasteiger partial charge in [-0.2, -0.15) is 0 Å². The van der Waals surface area contributed by atoms with Gasteiger partial charge >= 0.3 is 0 Å². The standard InChI is InChI=1S/C11H15N3O3.C3H9N/c1-8-7-17-5-4-13(8)9-2-3-11(14(15)16)10(12)6-9;1-4(2)3/h2-3,6,8H,4-5,7,12H2,1H3;1-3H3. The molecule has 118 valence electrons. The summed E-state index contributed by atoms with van der Waals surface area (Å²) in [6.45, 7) is 4.16. The van der Waals surface area contributed by atoms with E-state index in [2.05, 4.69) is 11.8 Å². The summed E-state index contributed by atoms with van der Waals surface area (Å²) in [6.07, 6.45) is 0. The molecule has 1 saturated heterocycles. The van der Waals surface area contributed by atoms with Gasteiger partial charge in [-0.15, -0.1) is 0 Å². The van der Waals surface area contributed by atoms with Crippen LogP contribution in [0.2, 0.25) is 0 Å². The minimum absolute atomic E-state index is 0.0466. The van der Waals surface area contributed by atoms with Gasteiger partial charge in [-0.3, -0.25) is 10.1 Å². The molecule has 2 rings (SSSR count). The third-order valence-electron chi connectivity index (χ3n) is 2.91. The smallest absolute Gasteiger partial charge is 0.292 e. The SMILES string of the molecule is CC1COCCN1c1ccc([N+](=O)[O-])c(N)c1.CN(C)C. The highest BCUT2D eigenvalue weighted by atomic mass is 16.6. The normalized spacial score (nSPS) is 18.1. The number of rotatable bonds is 2. The van der Waals surface area contributed by atoms with Gasteiger partial charge < -0.3 is 20.3 Å². The monoisotopic (exact) mass is 296 g/mol. The van der Waals surface area contributed by atoms with Crippen molar-refractivity contribution in [2.24, 2.45) is 0 Å². The molecule has 1 aliphatic heterocycles. The molecule has 7 nitrogen and oxygen atoms in total. The third-order valence-corrected chi connectivity index (χ3v) is 2.91. The molecule has 0 spiro atoms. The van der Waals surface area contributed by atoms with Crippen molar-refractivity contribution in [3.63, 3.8) is 0 Å². The van der Waals surface area contributed by atoms with Gasteiger partial charge in [0.25, 0.3) is 5.69 Å². The van der Waals surface area contributed by atoms with Crippen molar-refractivity contribution in [1.82, 2.24) is 4.90 Å². The Morgan fingerprint density at radius 1 is 1.43 bits per heavy atom. The summed E-state index contributed by atoms with van der Waals surface area (Å²) in [5, 5.41) is 10.7. The molecular weight excluding hydrogens is 272 g/mol. The predicted molar refractivity (Wildman–Crippen MR) is 84.7 cm³/mol. The largest absolute Gasteiger partial charge is 0.393 e. The van der Waals surface area contributed by atoms with Gasteiger partial charge in [-0.1, -0.05) is 0 Å². The van der Waals surface area contributed by atoms with Gasteiger partial charge in [-0.25, -0.2) is 0 Å². The molecule has 1 heterocycles. The Kier molecular flexibility index (Phi) is 6.39. The Bertz CT molecular complexity index is 477. The average molecular weight is 296 g/mol. The number of morpholine rings is 1. The van der Waals surface area contributed by atoms with Crippen LogP contribution in [0.15, 0.2) is 18.2 Å². The summed E-state index contributed by atoms with van der Waals surface area (Å²) < 4.78 is 5.34. The summed E-state index contributed by atoms with van der Waals surface area (Å²) in [6, 6.07) is 5.09. The number of benzene rings is 1. The van der Waals surface area contributed by atoms with Gasteiger partial charge in [0.05, 0.1) is 18.1 Å². The minimum atomic E-state index is -0.470. The van der Waals surface area contributed by atoms with Crippen LogP contribution in [0.3, 0.4) is 0 Å². The van der Waals surface area contributed by atoms with Gasteiger partial charge in [-0.05, 0) is 40.2 Å². The fraction of sp³-hybridized carbons (Fsp3) is 0.571. The lowest BCUT2D eigenvalue weighted by Crippen LogP contribution is -2.43. The van der Waals surface area contributed by atoms with Crippen molar-refractivity contribution >= 4 is 17.1 Å². The molecule has 0 bridgehead atoms. The molecule has 21 heavy (non-hydrogen) atoms. The first kappa shape index (κ1) is 17.2. The average Bonchev–Trinajstić information content (AvgIpc) is 2.38. The van der Waals surface area contributed by atoms with Crippen LogP contribution in [-0.4, -0.2) is 56.8 Å². The maximum absolute atomic E-state index is 10.7. The highest BCUT2D eigenvalue weighted by Crippen LogP contribution is 2.28. The Morgan fingerprint density at radius 2 is 2.05 bits per heavy atom. The molecule has 1 atom stereocenters. The number of ether oxygens (including phenoxy) is 1. The molecule has 1 fully saturated rings. The number of nitrogens with zero attached hydrogens (tertiary/aromatic N) is 3. The first-order valence-corrected chi connectivity index (χ1v) is 6.82. The van der Waals surface area contributed by atoms with Crippen molar-refractivity contribution in [3.05, 3.63) is 28.3 Å². The number of hydrogen-bond acceptors (Lipinski definition) is 6. The lowest BCUT2D eigenvalue weighted by molar-refractivity contribution is -0.383. The van der Waals surface area contributed by atoms with Crippen LogP contribution in [-0.2, 0) is 4.74 Å². The van der Waals surface area contributed by atoms with E-state index in [1.165, 1.54) is 6.07 Å². The van der Waals surface area contributed by atoms with E-state index >= 15 is 0 Å². The fourth-order valence-corrected chi connectivity index (χ4v) is 2.00. The second-order valence-corrected chi connectivity index (χ2v) is 5.46. The predicted octanol–water partition coefficient (Wildman–Crippen LogP) is 1.58. The summed E-state index contributed by atoms with van der Waals surface area (Å²) in [7, 11) is 6.00. The maximum Gasteiger partial charge on any atom is 0.292 e. The first-order chi connectivity index (χ1) is 9.82. The van der Waals surface area contributed by atoms with Crippen molar-refractivity contribution < 1.29 is 9.66 Å². The molecular formula is C14H24N4O3. The second kappa shape index (κ2) is 7.80. The van der Waals surface area contributed by atoms with Crippen molar-refractivity contribution in [1.29, 1.82) is 0 Å². The zero-order chi connectivity index (χ0) is 16.0. The molecule has 0 amide bonds. The van der Waals surface area contributed by atoms with Crippen LogP contribution in [0, 0.1) is 10.1 Å². The van der Waals surface area contributed by atoms with Crippen LogP contribution in [0.5, 0.6) is 0 Å². The molecule has 1 aromatic carbocycles. The van der Waals surface area contributed by atoms with Crippen molar-refractivity contribution in [2.75, 3.05) is 51.5 Å². The molecule has 1 aliphatic rings. The molecule has 0 aliphatic carbocycles. The van der Waals surface area contributed by atoms with E-state index in [0.29, 0.717) is 13.2 Å². The zero-order valence-electron chi connectivity index (χ0n) is 13.1. The van der Waals surface area contributed by atoms with Crippen LogP contribution in [0.25, 0.3) is 0 Å². The molecule has 7 heteroatoms. The summed E-state index contributed by atoms with van der Waals surface area (Å²) in [5.41, 5.74) is 6.73. The quantitative estimate of drug-likeness (QED) is 0.507. The Morgan fingerprint density at radius 3 is 2.52 bits per heavy atom. The number of anilines is 2. The molecule has 0 saturated carbocycles. The highest BCUT2D eigenvalue weighted by Gasteiger charge is 2.21. The molecule has 2 N–H and O–H groups in total. The van der Waals surface area contributed by atoms with Gasteiger partial charge in [0, 0.05) is 24.3 Å². The summed E-state index contributed by atoms with van der Waals surface area (Å²) >= 11 is 0. The Balaban J connectivity index is 0.000000491. The fourth-order valence-electron chi connectivity index (χ4n) is 2.00. The van der Waals surface area contributed by atoms with Gasteiger partial charge in [0.1, 0.15) is 5.69 Å². The number of nitro groups is 1. The van der Waals surface area contributed by atoms with Crippen LogP contribution in [0.4, 0.5) is 17.1 Å². The van der Waals surface area contributed by atoms with Gasteiger partial charge in [0.15, 0.2) is 0 Å². The molecule has 1 unspecified atom stereocenters. The maximum atomic E-state index is 10.7. The minimum Gasteiger partial charge on any atom is -0.393 e. The number of nitrogens with two attached hydrogens (primary N) is 1. The topological polar surface area (TPSA) is 84.9 Å². The lowest BCUT2D eigenvalue weighted by atomic mass is 10.2. The zero-order valence-corrected chi connectivity index (χ0v) is 13.1. The first-order valence-electron chi connectivity index (χ1n) is 6.82. The van der Waals surface area contributed by atoms with E-state index < -0.39 is 4.92 Å². The van der Waals surface area contributed by atoms with Gasteiger partial charge in [0.2, 0.25) is 0 Å².